The second-order valence-electron chi connectivity index (χ2n) is 15.8. The average Bonchev–Trinajstić information content (AvgIpc) is 4.10. The minimum atomic E-state index is -4.83. The minimum Gasteiger partial charge on any atom is -0.453 e. The zero-order valence-electron chi connectivity index (χ0n) is 35.1. The van der Waals surface area contributed by atoms with E-state index in [1.165, 1.54) is 18.6 Å². The average molecular weight is 891 g/mol. The van der Waals surface area contributed by atoms with Crippen LogP contribution in [-0.4, -0.2) is 151 Å². The lowest BCUT2D eigenvalue weighted by molar-refractivity contribution is -0.518. The normalized spacial score (nSPS) is 18.2. The maximum atomic E-state index is 13.8. The summed E-state index contributed by atoms with van der Waals surface area (Å²) >= 11 is 0. The van der Waals surface area contributed by atoms with Gasteiger partial charge in [-0.2, -0.15) is 0 Å². The van der Waals surface area contributed by atoms with Gasteiger partial charge in [0.1, 0.15) is 17.7 Å². The van der Waals surface area contributed by atoms with Crippen molar-refractivity contribution in [1.82, 2.24) is 40.4 Å². The molecule has 342 valence electrons. The number of aliphatic hydroxyl groups is 8. The Morgan fingerprint density at radius 1 is 0.703 bits per heavy atom. The van der Waals surface area contributed by atoms with Crippen molar-refractivity contribution in [2.75, 3.05) is 27.3 Å². The fourth-order valence-electron chi connectivity index (χ4n) is 7.82. The molecule has 2 aliphatic heterocycles. The lowest BCUT2D eigenvalue weighted by atomic mass is 9.83. The van der Waals surface area contributed by atoms with Gasteiger partial charge in [0.15, 0.2) is 0 Å². The molecule has 4 atom stereocenters. The highest BCUT2D eigenvalue weighted by molar-refractivity contribution is 5.90. The molecule has 2 aromatic heterocycles. The van der Waals surface area contributed by atoms with Gasteiger partial charge < -0.3 is 75.4 Å². The van der Waals surface area contributed by atoms with Crippen molar-refractivity contribution in [3.8, 4) is 34.4 Å². The molecule has 0 spiro atoms. The lowest BCUT2D eigenvalue weighted by Gasteiger charge is -2.49. The number of ether oxygens (including phenoxy) is 2. The van der Waals surface area contributed by atoms with Crippen LogP contribution in [0.3, 0.4) is 0 Å². The summed E-state index contributed by atoms with van der Waals surface area (Å²) in [5.74, 6) is -4.78. The van der Waals surface area contributed by atoms with Crippen molar-refractivity contribution >= 4 is 24.0 Å². The van der Waals surface area contributed by atoms with Crippen LogP contribution in [0.15, 0.2) is 60.9 Å². The summed E-state index contributed by atoms with van der Waals surface area (Å²) in [5.41, 5.74) is -4.88. The number of H-pyrrole nitrogens is 2. The number of methoxy groups -OCH3 is 2. The van der Waals surface area contributed by atoms with Crippen LogP contribution in [0.2, 0.25) is 0 Å². The van der Waals surface area contributed by atoms with E-state index in [1.54, 1.807) is 35.4 Å². The van der Waals surface area contributed by atoms with Crippen LogP contribution < -0.4 is 10.6 Å². The number of nitrogens with one attached hydrogen (secondary N) is 4. The van der Waals surface area contributed by atoms with Gasteiger partial charge in [-0.3, -0.25) is 14.9 Å². The molecule has 4 amide bonds. The molecule has 2 saturated heterocycles. The number of amides is 4. The van der Waals surface area contributed by atoms with Gasteiger partial charge in [0.05, 0.1) is 50.1 Å². The number of alkyl carbamates (subject to hydrolysis) is 2. The molecule has 4 aromatic rings. The Kier molecular flexibility index (Phi) is 13.5. The van der Waals surface area contributed by atoms with E-state index in [4.69, 9.17) is 4.74 Å². The molecule has 22 heteroatoms. The van der Waals surface area contributed by atoms with Crippen molar-refractivity contribution in [1.29, 1.82) is 0 Å². The molecular weight excluding hydrogens is 841 g/mol. The maximum Gasteiger partial charge on any atom is 0.409 e. The molecule has 2 fully saturated rings. The number of carbonyl (C=O) groups excluding carboxylic acids is 4. The van der Waals surface area contributed by atoms with E-state index < -0.39 is 53.4 Å². The van der Waals surface area contributed by atoms with Crippen molar-refractivity contribution in [3.05, 3.63) is 83.7 Å². The van der Waals surface area contributed by atoms with E-state index in [0.29, 0.717) is 29.2 Å². The number of carbonyl (C=O) groups is 4. The third-order valence-corrected chi connectivity index (χ3v) is 11.3. The number of nitrogens with zero attached hydrogens (tertiary/aromatic N) is 4. The molecule has 0 aliphatic carbocycles. The number of aromatic nitrogens is 4. The predicted octanol–water partition coefficient (Wildman–Crippen LogP) is -0.389. The first-order valence-corrected chi connectivity index (χ1v) is 20.1. The first-order chi connectivity index (χ1) is 30.1. The molecule has 2 aromatic carbocycles. The number of likely N-dealkylation sites (tertiary alicyclic amines) is 2. The topological polar surface area (TPSA) is 336 Å². The highest BCUT2D eigenvalue weighted by Gasteiger charge is 2.78. The van der Waals surface area contributed by atoms with E-state index in [0.717, 1.165) is 41.7 Å². The SMILES string of the molecule is COC(=O)NC(C(=O)N1CCCC1c1ncc(-c2ccc(C#Cc3ccc(-c4cnc(C5CCCN5C(=O)C(O)(NC(=O)OC)C(O)(C(O)(O)O)C(O)(O)O)[nH]4)cc3)cc2)[nH]1)C(C)C. The molecule has 12 N–H and O–H groups in total. The van der Waals surface area contributed by atoms with Gasteiger partial charge >= 0.3 is 24.1 Å². The predicted molar refractivity (Wildman–Crippen MR) is 220 cm³/mol. The summed E-state index contributed by atoms with van der Waals surface area (Å²) in [6.45, 7) is 4.04. The van der Waals surface area contributed by atoms with Crippen LogP contribution in [0.5, 0.6) is 0 Å². The molecule has 6 rings (SSSR count). The zero-order valence-corrected chi connectivity index (χ0v) is 35.1. The first-order valence-electron chi connectivity index (χ1n) is 20.1. The number of benzene rings is 2. The van der Waals surface area contributed by atoms with E-state index in [-0.39, 0.29) is 43.1 Å². The molecule has 64 heavy (non-hydrogen) atoms. The van der Waals surface area contributed by atoms with Crippen LogP contribution in [-0.2, 0) is 19.1 Å². The Hall–Kier alpha value is -6.42. The molecule has 22 nitrogen and oxygen atoms in total. The zero-order chi connectivity index (χ0) is 46.8. The number of aromatic amines is 2. The van der Waals surface area contributed by atoms with E-state index in [2.05, 4.69) is 41.8 Å². The molecule has 4 unspecified atom stereocenters. The van der Waals surface area contributed by atoms with E-state index >= 15 is 0 Å². The third-order valence-electron chi connectivity index (χ3n) is 11.3. The van der Waals surface area contributed by atoms with E-state index in [9.17, 15) is 60.0 Å². The third kappa shape index (κ3) is 9.14. The van der Waals surface area contributed by atoms with Gasteiger partial charge in [-0.1, -0.05) is 50.0 Å². The number of rotatable bonds is 12. The van der Waals surface area contributed by atoms with Crippen LogP contribution in [0.25, 0.3) is 22.5 Å². The number of hydrogen-bond acceptors (Lipinski definition) is 16. The highest BCUT2D eigenvalue weighted by atomic mass is 16.7. The Morgan fingerprint density at radius 3 is 1.56 bits per heavy atom. The Bertz CT molecular complexity index is 2380. The largest absolute Gasteiger partial charge is 0.453 e. The van der Waals surface area contributed by atoms with Gasteiger partial charge in [0.25, 0.3) is 17.2 Å². The first kappa shape index (κ1) is 47.1. The standard InChI is InChI=1S/C42H50N8O14/c1-23(2)32(47-37(53)63-3)35(51)49-19-5-7-30(49)33-43-21-28(45-33)26-15-11-24(12-16-26)9-10-25-13-17-27(18-14-25)29-22-44-34(46-29)31-8-6-20-50(31)36(52)39(55,48-38(54)64-4)40(56,41(57,58)59)42(60,61)62/h11-18,21-23,30-32,55-62H,5-8,19-20H2,1-4H3,(H,43,45)(H,44,46)(H,47,53)(H,48,54). The van der Waals surface area contributed by atoms with Crippen LogP contribution >= 0.6 is 0 Å². The maximum absolute atomic E-state index is 13.8. The quantitative estimate of drug-likeness (QED) is 0.0637. The summed E-state index contributed by atoms with van der Waals surface area (Å²) in [7, 11) is 2.01. The van der Waals surface area contributed by atoms with Crippen molar-refractivity contribution in [3.63, 3.8) is 0 Å². The van der Waals surface area contributed by atoms with E-state index in [1.807, 2.05) is 38.1 Å². The van der Waals surface area contributed by atoms with Crippen LogP contribution in [0.1, 0.15) is 74.4 Å². The second kappa shape index (κ2) is 18.4. The second-order valence-corrected chi connectivity index (χ2v) is 15.8. The Labute approximate surface area is 365 Å². The smallest absolute Gasteiger partial charge is 0.409 e. The Morgan fingerprint density at radius 2 is 1.14 bits per heavy atom. The molecule has 0 radical (unpaired) electrons. The summed E-state index contributed by atoms with van der Waals surface area (Å²) in [5, 5.41) is 85.3. The fraction of sp³-hybridized carbons (Fsp3) is 0.429. The van der Waals surface area contributed by atoms with Crippen molar-refractivity contribution in [2.24, 2.45) is 5.92 Å². The lowest BCUT2D eigenvalue weighted by Crippen LogP contribution is -2.85. The van der Waals surface area contributed by atoms with Gasteiger partial charge in [0, 0.05) is 24.2 Å². The van der Waals surface area contributed by atoms with Gasteiger partial charge in [-0.25, -0.2) is 19.6 Å². The highest BCUT2D eigenvalue weighted by Crippen LogP contribution is 2.41. The molecule has 2 aliphatic rings. The summed E-state index contributed by atoms with van der Waals surface area (Å²) < 4.78 is 9.04. The van der Waals surface area contributed by atoms with Gasteiger partial charge in [-0.15, -0.1) is 0 Å². The Balaban J connectivity index is 1.13. The summed E-state index contributed by atoms with van der Waals surface area (Å²) in [4.78, 5) is 69.3. The van der Waals surface area contributed by atoms with Crippen molar-refractivity contribution in [2.45, 2.75) is 80.9 Å². The van der Waals surface area contributed by atoms with Gasteiger partial charge in [0.2, 0.25) is 5.91 Å². The summed E-state index contributed by atoms with van der Waals surface area (Å²) in [6.07, 6.45) is 2.71. The minimum absolute atomic E-state index is 0.135. The van der Waals surface area contributed by atoms with Crippen molar-refractivity contribution < 1.29 is 69.5 Å². The van der Waals surface area contributed by atoms with Gasteiger partial charge in [-0.05, 0) is 67.0 Å². The fourth-order valence-corrected chi connectivity index (χ4v) is 7.82. The molecular formula is C42H50N8O14. The monoisotopic (exact) mass is 890 g/mol. The summed E-state index contributed by atoms with van der Waals surface area (Å²) in [6, 6.07) is 12.6. The van der Waals surface area contributed by atoms with Crippen LogP contribution in [0.4, 0.5) is 9.59 Å². The molecule has 0 saturated carbocycles. The number of hydrogen-bond donors (Lipinski definition) is 12. The molecule has 4 heterocycles. The molecule has 0 bridgehead atoms. The van der Waals surface area contributed by atoms with Crippen LogP contribution in [0, 0.1) is 17.8 Å². The number of imidazole rings is 2.